The molecule has 2 aromatic carbocycles. The highest BCUT2D eigenvalue weighted by Gasteiger charge is 2.17. The number of rotatable bonds is 7. The summed E-state index contributed by atoms with van der Waals surface area (Å²) in [4.78, 5) is 24.0. The van der Waals surface area contributed by atoms with Crippen molar-refractivity contribution in [1.82, 2.24) is 10.6 Å². The van der Waals surface area contributed by atoms with Crippen molar-refractivity contribution in [2.45, 2.75) is 25.5 Å². The number of hydrogen-bond donors (Lipinski definition) is 3. The molecule has 3 N–H and O–H groups in total. The van der Waals surface area contributed by atoms with E-state index in [0.29, 0.717) is 12.0 Å². The van der Waals surface area contributed by atoms with Gasteiger partial charge in [-0.25, -0.2) is 0 Å². The zero-order valence-electron chi connectivity index (χ0n) is 13.6. The molecule has 24 heavy (non-hydrogen) atoms. The predicted octanol–water partition coefficient (Wildman–Crippen LogP) is 1.52. The third-order valence-electron chi connectivity index (χ3n) is 3.60. The van der Waals surface area contributed by atoms with Crippen molar-refractivity contribution in [3.05, 3.63) is 71.8 Å². The van der Waals surface area contributed by atoms with Gasteiger partial charge in [0.1, 0.15) is 6.04 Å². The third-order valence-corrected chi connectivity index (χ3v) is 3.60. The summed E-state index contributed by atoms with van der Waals surface area (Å²) in [5, 5.41) is 15.3. The second-order valence-electron chi connectivity index (χ2n) is 5.65. The number of amides is 2. The van der Waals surface area contributed by atoms with Crippen LogP contribution in [0.5, 0.6) is 0 Å². The molecule has 0 aliphatic carbocycles. The molecular weight excluding hydrogens is 304 g/mol. The van der Waals surface area contributed by atoms with E-state index in [2.05, 4.69) is 10.6 Å². The van der Waals surface area contributed by atoms with E-state index >= 15 is 0 Å². The highest BCUT2D eigenvalue weighted by atomic mass is 16.3. The summed E-state index contributed by atoms with van der Waals surface area (Å²) in [5.74, 6) is -0.630. The molecule has 0 aromatic heterocycles. The van der Waals surface area contributed by atoms with Crippen molar-refractivity contribution in [3.8, 4) is 0 Å². The molecule has 0 heterocycles. The zero-order chi connectivity index (χ0) is 17.4. The molecule has 2 rings (SSSR count). The Morgan fingerprint density at radius 2 is 1.58 bits per heavy atom. The minimum atomic E-state index is -0.679. The SMILES string of the molecule is CC(NC(=O)c1ccccc1)C(=O)NCC(O)Cc1ccccc1. The van der Waals surface area contributed by atoms with Crippen LogP contribution in [0.15, 0.2) is 60.7 Å². The number of carbonyl (C=O) groups is 2. The first-order valence-electron chi connectivity index (χ1n) is 7.92. The predicted molar refractivity (Wildman–Crippen MR) is 92.5 cm³/mol. The largest absolute Gasteiger partial charge is 0.391 e. The molecule has 2 atom stereocenters. The summed E-state index contributed by atoms with van der Waals surface area (Å²) in [5.41, 5.74) is 1.51. The van der Waals surface area contributed by atoms with Crippen molar-refractivity contribution in [2.24, 2.45) is 0 Å². The number of carbonyl (C=O) groups excluding carboxylic acids is 2. The highest BCUT2D eigenvalue weighted by Crippen LogP contribution is 2.03. The summed E-state index contributed by atoms with van der Waals surface area (Å²) in [7, 11) is 0. The lowest BCUT2D eigenvalue weighted by atomic mass is 10.1. The Kier molecular flexibility index (Phi) is 6.51. The Labute approximate surface area is 141 Å². The molecule has 0 fully saturated rings. The molecule has 5 heteroatoms. The van der Waals surface area contributed by atoms with Crippen LogP contribution in [-0.4, -0.2) is 35.6 Å². The Hall–Kier alpha value is -2.66. The molecule has 0 aliphatic heterocycles. The van der Waals surface area contributed by atoms with Gasteiger partial charge in [0.2, 0.25) is 5.91 Å². The smallest absolute Gasteiger partial charge is 0.251 e. The maximum Gasteiger partial charge on any atom is 0.251 e. The van der Waals surface area contributed by atoms with Gasteiger partial charge in [0.05, 0.1) is 6.10 Å². The first kappa shape index (κ1) is 17.7. The van der Waals surface area contributed by atoms with Crippen LogP contribution in [0.3, 0.4) is 0 Å². The fourth-order valence-corrected chi connectivity index (χ4v) is 2.26. The van der Waals surface area contributed by atoms with Gasteiger partial charge in [0.15, 0.2) is 0 Å². The second kappa shape index (κ2) is 8.84. The normalized spacial score (nSPS) is 12.9. The molecule has 0 spiro atoms. The van der Waals surface area contributed by atoms with Crippen LogP contribution >= 0.6 is 0 Å². The van der Waals surface area contributed by atoms with Crippen molar-refractivity contribution < 1.29 is 14.7 Å². The van der Waals surface area contributed by atoms with Crippen LogP contribution in [0, 0.1) is 0 Å². The Bertz CT molecular complexity index is 659. The summed E-state index contributed by atoms with van der Waals surface area (Å²) >= 11 is 0. The van der Waals surface area contributed by atoms with Crippen molar-refractivity contribution in [2.75, 3.05) is 6.54 Å². The van der Waals surface area contributed by atoms with Crippen LogP contribution in [0.25, 0.3) is 0 Å². The highest BCUT2D eigenvalue weighted by molar-refractivity contribution is 5.97. The van der Waals surface area contributed by atoms with Crippen LogP contribution < -0.4 is 10.6 Å². The second-order valence-corrected chi connectivity index (χ2v) is 5.65. The maximum atomic E-state index is 12.0. The average molecular weight is 326 g/mol. The van der Waals surface area contributed by atoms with Crippen LogP contribution in [-0.2, 0) is 11.2 Å². The van der Waals surface area contributed by atoms with Gasteiger partial charge in [-0.15, -0.1) is 0 Å². The van der Waals surface area contributed by atoms with E-state index in [0.717, 1.165) is 5.56 Å². The molecule has 2 amide bonds. The third kappa shape index (κ3) is 5.52. The van der Waals surface area contributed by atoms with Crippen LogP contribution in [0.4, 0.5) is 0 Å². The molecule has 0 aliphatic rings. The van der Waals surface area contributed by atoms with Gasteiger partial charge in [-0.2, -0.15) is 0 Å². The monoisotopic (exact) mass is 326 g/mol. The van der Waals surface area contributed by atoms with Gasteiger partial charge in [0.25, 0.3) is 5.91 Å². The molecule has 0 saturated carbocycles. The molecule has 126 valence electrons. The fraction of sp³-hybridized carbons (Fsp3) is 0.263. The van der Waals surface area contributed by atoms with Crippen molar-refractivity contribution in [3.63, 3.8) is 0 Å². The maximum absolute atomic E-state index is 12.0. The van der Waals surface area contributed by atoms with Gasteiger partial charge in [-0.3, -0.25) is 9.59 Å². The van der Waals surface area contributed by atoms with Crippen molar-refractivity contribution >= 4 is 11.8 Å². The summed E-state index contributed by atoms with van der Waals surface area (Å²) in [6, 6.07) is 17.6. The Morgan fingerprint density at radius 3 is 2.21 bits per heavy atom. The van der Waals surface area contributed by atoms with E-state index in [1.165, 1.54) is 0 Å². The first-order chi connectivity index (χ1) is 11.6. The molecule has 2 aromatic rings. The molecule has 0 radical (unpaired) electrons. The van der Waals surface area contributed by atoms with Crippen molar-refractivity contribution in [1.29, 1.82) is 0 Å². The van der Waals surface area contributed by atoms with E-state index in [-0.39, 0.29) is 18.4 Å². The van der Waals surface area contributed by atoms with E-state index < -0.39 is 12.1 Å². The first-order valence-corrected chi connectivity index (χ1v) is 7.92. The number of aliphatic hydroxyl groups is 1. The quantitative estimate of drug-likeness (QED) is 0.722. The molecule has 0 saturated heterocycles. The Morgan fingerprint density at radius 1 is 1.00 bits per heavy atom. The lowest BCUT2D eigenvalue weighted by Gasteiger charge is -2.16. The minimum absolute atomic E-state index is 0.138. The van der Waals surface area contributed by atoms with E-state index in [1.807, 2.05) is 36.4 Å². The van der Waals surface area contributed by atoms with Gasteiger partial charge >= 0.3 is 0 Å². The van der Waals surface area contributed by atoms with Crippen LogP contribution in [0.1, 0.15) is 22.8 Å². The van der Waals surface area contributed by atoms with E-state index in [4.69, 9.17) is 0 Å². The topological polar surface area (TPSA) is 78.4 Å². The number of benzene rings is 2. The molecular formula is C19H22N2O3. The number of hydrogen-bond acceptors (Lipinski definition) is 3. The van der Waals surface area contributed by atoms with E-state index in [1.54, 1.807) is 31.2 Å². The fourth-order valence-electron chi connectivity index (χ4n) is 2.26. The lowest BCUT2D eigenvalue weighted by Crippen LogP contribution is -2.46. The minimum Gasteiger partial charge on any atom is -0.391 e. The molecule has 5 nitrogen and oxygen atoms in total. The summed E-state index contributed by atoms with van der Waals surface area (Å²) < 4.78 is 0. The molecule has 0 bridgehead atoms. The van der Waals surface area contributed by atoms with Crippen LogP contribution in [0.2, 0.25) is 0 Å². The van der Waals surface area contributed by atoms with Gasteiger partial charge in [0, 0.05) is 18.5 Å². The lowest BCUT2D eigenvalue weighted by molar-refractivity contribution is -0.123. The van der Waals surface area contributed by atoms with Gasteiger partial charge < -0.3 is 15.7 Å². The average Bonchev–Trinajstić information content (AvgIpc) is 2.61. The van der Waals surface area contributed by atoms with Gasteiger partial charge in [-0.05, 0) is 24.6 Å². The number of nitrogens with one attached hydrogen (secondary N) is 2. The number of aliphatic hydroxyl groups excluding tert-OH is 1. The molecule has 2 unspecified atom stereocenters. The summed E-state index contributed by atoms with van der Waals surface area (Å²) in [6.45, 7) is 1.75. The van der Waals surface area contributed by atoms with E-state index in [9.17, 15) is 14.7 Å². The Balaban J connectivity index is 1.76. The van der Waals surface area contributed by atoms with Gasteiger partial charge in [-0.1, -0.05) is 48.5 Å². The standard InChI is InChI=1S/C19H22N2O3/c1-14(21-19(24)16-10-6-3-7-11-16)18(23)20-13-17(22)12-15-8-4-2-5-9-15/h2-11,14,17,22H,12-13H2,1H3,(H,20,23)(H,21,24). The zero-order valence-corrected chi connectivity index (χ0v) is 13.6. The summed E-state index contributed by atoms with van der Waals surface area (Å²) in [6.07, 6.45) is -0.209.